The van der Waals surface area contributed by atoms with Crippen molar-refractivity contribution < 1.29 is 8.78 Å². The summed E-state index contributed by atoms with van der Waals surface area (Å²) in [6.07, 6.45) is 1.14. The molecule has 0 saturated heterocycles. The zero-order valence-corrected chi connectivity index (χ0v) is 8.26. The van der Waals surface area contributed by atoms with E-state index in [1.165, 1.54) is 0 Å². The van der Waals surface area contributed by atoms with Gasteiger partial charge >= 0.3 is 0 Å². The molecule has 0 spiro atoms. The Morgan fingerprint density at radius 3 is 2.86 bits per heavy atom. The number of hydrogen-bond acceptors (Lipinski definition) is 3. The molecule has 1 N–H and O–H groups in total. The monoisotopic (exact) mass is 203 g/mol. The zero-order valence-electron chi connectivity index (χ0n) is 8.26. The molecular formula is C9H15F2N3. The average Bonchev–Trinajstić information content (AvgIpc) is 2.62. The van der Waals surface area contributed by atoms with Gasteiger partial charge in [0.05, 0.1) is 12.6 Å². The van der Waals surface area contributed by atoms with Crippen LogP contribution in [0.5, 0.6) is 0 Å². The molecule has 2 rings (SSSR count). The molecule has 0 bridgehead atoms. The van der Waals surface area contributed by atoms with Gasteiger partial charge in [-0.1, -0.05) is 0 Å². The van der Waals surface area contributed by atoms with Gasteiger partial charge in [-0.05, 0) is 12.8 Å². The van der Waals surface area contributed by atoms with Crippen LogP contribution in [0.1, 0.15) is 19.3 Å². The lowest BCUT2D eigenvalue weighted by molar-refractivity contribution is -0.0129. The zero-order chi connectivity index (χ0) is 10.2. The highest BCUT2D eigenvalue weighted by Gasteiger charge is 2.44. The molecule has 5 heteroatoms. The molecule has 0 aromatic carbocycles. The van der Waals surface area contributed by atoms with Crippen molar-refractivity contribution in [2.24, 2.45) is 4.99 Å². The molecule has 2 aliphatic rings. The quantitative estimate of drug-likeness (QED) is 0.690. The fourth-order valence-electron chi connectivity index (χ4n) is 1.95. The highest BCUT2D eigenvalue weighted by Crippen LogP contribution is 2.35. The summed E-state index contributed by atoms with van der Waals surface area (Å²) < 4.78 is 26.5. The van der Waals surface area contributed by atoms with E-state index < -0.39 is 12.0 Å². The Kier molecular flexibility index (Phi) is 2.33. The summed E-state index contributed by atoms with van der Waals surface area (Å²) in [5.74, 6) is -1.94. The fourth-order valence-corrected chi connectivity index (χ4v) is 1.95. The normalized spacial score (nSPS) is 30.6. The standard InChI is InChI=1S/C9H15F2N3/c1-14-6-5-12-8(14)13-7-3-2-4-9(7,10)11/h7H,2-6H2,1H3,(H,12,13). The number of likely N-dealkylation sites (N-methyl/N-ethyl adjacent to an activating group) is 1. The summed E-state index contributed by atoms with van der Waals surface area (Å²) in [4.78, 5) is 6.03. The molecule has 1 aliphatic heterocycles. The van der Waals surface area contributed by atoms with Gasteiger partial charge in [0.25, 0.3) is 5.92 Å². The largest absolute Gasteiger partial charge is 0.347 e. The highest BCUT2D eigenvalue weighted by molar-refractivity contribution is 5.81. The minimum atomic E-state index is -2.56. The van der Waals surface area contributed by atoms with Crippen molar-refractivity contribution in [1.29, 1.82) is 0 Å². The van der Waals surface area contributed by atoms with Gasteiger partial charge in [0.1, 0.15) is 0 Å². The second-order valence-electron chi connectivity index (χ2n) is 3.98. The van der Waals surface area contributed by atoms with E-state index in [2.05, 4.69) is 10.3 Å². The molecule has 1 atom stereocenters. The first kappa shape index (κ1) is 9.68. The first-order valence-corrected chi connectivity index (χ1v) is 4.99. The Morgan fingerprint density at radius 2 is 2.36 bits per heavy atom. The number of halogens is 2. The van der Waals surface area contributed by atoms with Gasteiger partial charge < -0.3 is 10.2 Å². The van der Waals surface area contributed by atoms with Crippen LogP contribution in [0.25, 0.3) is 0 Å². The molecular weight excluding hydrogens is 188 g/mol. The van der Waals surface area contributed by atoms with Gasteiger partial charge in [0, 0.05) is 20.0 Å². The first-order chi connectivity index (χ1) is 6.59. The maximum Gasteiger partial charge on any atom is 0.267 e. The molecule has 0 aromatic rings. The predicted molar refractivity (Wildman–Crippen MR) is 50.7 cm³/mol. The summed E-state index contributed by atoms with van der Waals surface area (Å²) in [6.45, 7) is 1.53. The number of nitrogens with one attached hydrogen (secondary N) is 1. The Morgan fingerprint density at radius 1 is 1.57 bits per heavy atom. The number of rotatable bonds is 1. The summed E-state index contributed by atoms with van der Waals surface area (Å²) in [6, 6.07) is -0.721. The van der Waals surface area contributed by atoms with E-state index in [1.54, 1.807) is 0 Å². The molecule has 1 fully saturated rings. The summed E-state index contributed by atoms with van der Waals surface area (Å²) >= 11 is 0. The highest BCUT2D eigenvalue weighted by atomic mass is 19.3. The molecule has 0 aromatic heterocycles. The Balaban J connectivity index is 1.97. The van der Waals surface area contributed by atoms with Crippen LogP contribution < -0.4 is 5.32 Å². The lowest BCUT2D eigenvalue weighted by atomic mass is 10.2. The number of hydrogen-bond donors (Lipinski definition) is 1. The Labute approximate surface area is 82.2 Å². The molecule has 80 valence electrons. The van der Waals surface area contributed by atoms with E-state index in [1.807, 2.05) is 11.9 Å². The third-order valence-corrected chi connectivity index (χ3v) is 2.87. The van der Waals surface area contributed by atoms with E-state index in [0.717, 1.165) is 6.54 Å². The first-order valence-electron chi connectivity index (χ1n) is 4.99. The number of nitrogens with zero attached hydrogens (tertiary/aromatic N) is 2. The lowest BCUT2D eigenvalue weighted by Crippen LogP contribution is -2.48. The number of alkyl halides is 2. The van der Waals surface area contributed by atoms with E-state index in [9.17, 15) is 8.78 Å². The Hall–Kier alpha value is -0.870. The third kappa shape index (κ3) is 1.67. The number of guanidine groups is 1. The third-order valence-electron chi connectivity index (χ3n) is 2.87. The van der Waals surface area contributed by atoms with Crippen LogP contribution in [-0.2, 0) is 0 Å². The van der Waals surface area contributed by atoms with Crippen LogP contribution in [0.15, 0.2) is 4.99 Å². The van der Waals surface area contributed by atoms with Crippen molar-refractivity contribution >= 4 is 5.96 Å². The summed E-state index contributed by atoms with van der Waals surface area (Å²) in [7, 11) is 1.87. The predicted octanol–water partition coefficient (Wildman–Crippen LogP) is 1.07. The van der Waals surface area contributed by atoms with Crippen molar-refractivity contribution in [3.8, 4) is 0 Å². The molecule has 1 unspecified atom stereocenters. The van der Waals surface area contributed by atoms with Gasteiger partial charge in [0.2, 0.25) is 0 Å². The van der Waals surface area contributed by atoms with Gasteiger partial charge in [-0.15, -0.1) is 0 Å². The van der Waals surface area contributed by atoms with Crippen molar-refractivity contribution in [2.75, 3.05) is 20.1 Å². The smallest absolute Gasteiger partial charge is 0.267 e. The second-order valence-corrected chi connectivity index (χ2v) is 3.98. The minimum absolute atomic E-state index is 0.00165. The molecule has 1 aliphatic carbocycles. The molecule has 1 heterocycles. The molecule has 0 radical (unpaired) electrons. The van der Waals surface area contributed by atoms with Crippen LogP contribution in [-0.4, -0.2) is 43.0 Å². The molecule has 14 heavy (non-hydrogen) atoms. The van der Waals surface area contributed by atoms with E-state index in [-0.39, 0.29) is 6.42 Å². The maximum absolute atomic E-state index is 13.3. The van der Waals surface area contributed by atoms with Crippen molar-refractivity contribution in [1.82, 2.24) is 10.2 Å². The van der Waals surface area contributed by atoms with Crippen molar-refractivity contribution in [3.63, 3.8) is 0 Å². The molecule has 3 nitrogen and oxygen atoms in total. The SMILES string of the molecule is CN1CCN=C1NC1CCCC1(F)F. The van der Waals surface area contributed by atoms with Gasteiger partial charge in [-0.25, -0.2) is 8.78 Å². The second kappa shape index (κ2) is 3.37. The van der Waals surface area contributed by atoms with Crippen molar-refractivity contribution in [3.05, 3.63) is 0 Å². The average molecular weight is 203 g/mol. The van der Waals surface area contributed by atoms with E-state index >= 15 is 0 Å². The van der Waals surface area contributed by atoms with Crippen LogP contribution in [0.4, 0.5) is 8.78 Å². The molecule has 1 saturated carbocycles. The van der Waals surface area contributed by atoms with Crippen LogP contribution in [0.2, 0.25) is 0 Å². The molecule has 0 amide bonds. The van der Waals surface area contributed by atoms with Crippen LogP contribution in [0.3, 0.4) is 0 Å². The summed E-state index contributed by atoms with van der Waals surface area (Å²) in [5.41, 5.74) is 0. The lowest BCUT2D eigenvalue weighted by Gasteiger charge is -2.24. The van der Waals surface area contributed by atoms with E-state index in [4.69, 9.17) is 0 Å². The van der Waals surface area contributed by atoms with Gasteiger partial charge in [-0.3, -0.25) is 4.99 Å². The van der Waals surface area contributed by atoms with Gasteiger partial charge in [0.15, 0.2) is 5.96 Å². The fraction of sp³-hybridized carbons (Fsp3) is 0.889. The maximum atomic E-state index is 13.3. The van der Waals surface area contributed by atoms with Gasteiger partial charge in [-0.2, -0.15) is 0 Å². The minimum Gasteiger partial charge on any atom is -0.347 e. The van der Waals surface area contributed by atoms with Crippen LogP contribution in [0, 0.1) is 0 Å². The number of aliphatic imine (C=N–C) groups is 1. The van der Waals surface area contributed by atoms with Crippen LogP contribution >= 0.6 is 0 Å². The topological polar surface area (TPSA) is 27.6 Å². The Bertz CT molecular complexity index is 252. The van der Waals surface area contributed by atoms with E-state index in [0.29, 0.717) is 25.3 Å². The van der Waals surface area contributed by atoms with Crippen molar-refractivity contribution in [2.45, 2.75) is 31.2 Å². The summed E-state index contributed by atoms with van der Waals surface area (Å²) in [5, 5.41) is 2.84.